The van der Waals surface area contributed by atoms with Gasteiger partial charge in [-0.15, -0.1) is 0 Å². The molecule has 0 heterocycles. The van der Waals surface area contributed by atoms with Crippen LogP contribution in [-0.2, 0) is 0 Å². The Labute approximate surface area is 75.0 Å². The summed E-state index contributed by atoms with van der Waals surface area (Å²) in [6.07, 6.45) is 4.27. The predicted octanol–water partition coefficient (Wildman–Crippen LogP) is 1.94. The van der Waals surface area contributed by atoms with E-state index in [4.69, 9.17) is 14.7 Å². The first-order valence-corrected chi connectivity index (χ1v) is 6.39. The molecule has 0 fully saturated rings. The highest BCUT2D eigenvalue weighted by Crippen LogP contribution is 2.47. The van der Waals surface area contributed by atoms with Crippen LogP contribution >= 0.6 is 7.94 Å². The van der Waals surface area contributed by atoms with Gasteiger partial charge in [-0.05, 0) is 12.8 Å². The molecule has 0 spiro atoms. The molecular weight excluding hydrogens is 175 g/mol. The van der Waals surface area contributed by atoms with E-state index in [2.05, 4.69) is 6.92 Å². The van der Waals surface area contributed by atoms with E-state index >= 15 is 0 Å². The van der Waals surface area contributed by atoms with Crippen LogP contribution in [0.2, 0.25) is 0 Å². The van der Waals surface area contributed by atoms with Gasteiger partial charge >= 0.3 is 7.94 Å². The fourth-order valence-corrected chi connectivity index (χ4v) is 2.40. The van der Waals surface area contributed by atoms with Gasteiger partial charge < -0.3 is 0 Å². The summed E-state index contributed by atoms with van der Waals surface area (Å²) in [6.45, 7) is 4.11. The maximum absolute atomic E-state index is 8.84. The largest absolute Gasteiger partial charge is 0.403 e. The summed E-state index contributed by atoms with van der Waals surface area (Å²) in [5.41, 5.74) is 0. The first kappa shape index (κ1) is 12.3. The fraction of sp³-hybridized carbons (Fsp3) is 1.00. The first-order chi connectivity index (χ1) is 5.49. The molecule has 1 atom stereocenters. The summed E-state index contributed by atoms with van der Waals surface area (Å²) in [5, 5.41) is 0. The monoisotopic (exact) mass is 195 g/mol. The predicted molar refractivity (Wildman–Crippen MR) is 51.7 cm³/mol. The molecule has 0 bridgehead atoms. The summed E-state index contributed by atoms with van der Waals surface area (Å²) < 4.78 is 0. The number of hydrogen-bond donors (Lipinski definition) is 3. The summed E-state index contributed by atoms with van der Waals surface area (Å²) >= 11 is 0. The zero-order valence-electron chi connectivity index (χ0n) is 7.90. The minimum atomic E-state index is -3.53. The SMILES string of the molecule is CCCCC(CC)C[P+](O)(O)O. The van der Waals surface area contributed by atoms with Crippen LogP contribution in [0.15, 0.2) is 0 Å². The Morgan fingerprint density at radius 2 is 1.75 bits per heavy atom. The number of hydrogen-bond acceptors (Lipinski definition) is 3. The van der Waals surface area contributed by atoms with Gasteiger partial charge in [-0.3, -0.25) is 0 Å². The van der Waals surface area contributed by atoms with Gasteiger partial charge in [0.15, 0.2) is 0 Å². The molecular formula is C8H20O3P+. The highest BCUT2D eigenvalue weighted by molar-refractivity contribution is 7.58. The molecule has 74 valence electrons. The molecule has 0 aromatic heterocycles. The van der Waals surface area contributed by atoms with Crippen LogP contribution in [0, 0.1) is 5.92 Å². The Bertz CT molecular complexity index is 111. The van der Waals surface area contributed by atoms with E-state index in [0.29, 0.717) is 0 Å². The molecule has 3 N–H and O–H groups in total. The number of unbranched alkanes of at least 4 members (excludes halogenated alkanes) is 1. The van der Waals surface area contributed by atoms with Gasteiger partial charge in [-0.2, -0.15) is 14.7 Å². The smallest absolute Gasteiger partial charge is 0.193 e. The Balaban J connectivity index is 3.67. The number of rotatable bonds is 6. The highest BCUT2D eigenvalue weighted by Gasteiger charge is 2.32. The van der Waals surface area contributed by atoms with Gasteiger partial charge in [0, 0.05) is 5.92 Å². The highest BCUT2D eigenvalue weighted by atomic mass is 31.2. The van der Waals surface area contributed by atoms with E-state index in [1.54, 1.807) is 0 Å². The Hall–Kier alpha value is 0.310. The lowest BCUT2D eigenvalue weighted by Crippen LogP contribution is -2.08. The van der Waals surface area contributed by atoms with E-state index < -0.39 is 7.94 Å². The van der Waals surface area contributed by atoms with Crippen LogP contribution in [0.5, 0.6) is 0 Å². The van der Waals surface area contributed by atoms with Crippen molar-refractivity contribution in [2.45, 2.75) is 39.5 Å². The van der Waals surface area contributed by atoms with Gasteiger partial charge in [0.05, 0.1) is 0 Å². The van der Waals surface area contributed by atoms with Crippen molar-refractivity contribution >= 4 is 7.94 Å². The van der Waals surface area contributed by atoms with Crippen LogP contribution < -0.4 is 0 Å². The Kier molecular flexibility index (Phi) is 6.02. The molecule has 0 radical (unpaired) electrons. The summed E-state index contributed by atoms with van der Waals surface area (Å²) in [6, 6.07) is 0. The molecule has 0 saturated heterocycles. The van der Waals surface area contributed by atoms with Crippen LogP contribution in [0.1, 0.15) is 39.5 Å². The van der Waals surface area contributed by atoms with Crippen molar-refractivity contribution in [2.75, 3.05) is 6.16 Å². The van der Waals surface area contributed by atoms with Crippen molar-refractivity contribution in [3.63, 3.8) is 0 Å². The molecule has 1 unspecified atom stereocenters. The summed E-state index contributed by atoms with van der Waals surface area (Å²) in [4.78, 5) is 26.5. The lowest BCUT2D eigenvalue weighted by atomic mass is 10.0. The zero-order chi connectivity index (χ0) is 9.61. The Morgan fingerprint density at radius 1 is 1.17 bits per heavy atom. The second-order valence-electron chi connectivity index (χ2n) is 3.29. The second kappa shape index (κ2) is 5.87. The van der Waals surface area contributed by atoms with E-state index in [1.165, 1.54) is 0 Å². The molecule has 0 aliphatic rings. The van der Waals surface area contributed by atoms with Crippen LogP contribution in [0.3, 0.4) is 0 Å². The molecule has 0 saturated carbocycles. The first-order valence-electron chi connectivity index (χ1n) is 4.56. The van der Waals surface area contributed by atoms with Crippen molar-refractivity contribution in [3.05, 3.63) is 0 Å². The summed E-state index contributed by atoms with van der Waals surface area (Å²) in [7, 11) is -3.53. The summed E-state index contributed by atoms with van der Waals surface area (Å²) in [5.74, 6) is 0.262. The van der Waals surface area contributed by atoms with Crippen LogP contribution in [0.25, 0.3) is 0 Å². The van der Waals surface area contributed by atoms with E-state index in [-0.39, 0.29) is 12.1 Å². The van der Waals surface area contributed by atoms with Crippen molar-refractivity contribution in [1.29, 1.82) is 0 Å². The minimum Gasteiger partial charge on any atom is -0.193 e. The lowest BCUT2D eigenvalue weighted by molar-refractivity contribution is 0.314. The maximum atomic E-state index is 8.84. The van der Waals surface area contributed by atoms with Crippen LogP contribution in [0.4, 0.5) is 0 Å². The van der Waals surface area contributed by atoms with Crippen molar-refractivity contribution in [3.8, 4) is 0 Å². The normalized spacial score (nSPS) is 14.8. The van der Waals surface area contributed by atoms with Crippen molar-refractivity contribution < 1.29 is 14.7 Å². The third-order valence-electron chi connectivity index (χ3n) is 2.05. The quantitative estimate of drug-likeness (QED) is 0.567. The molecule has 0 aromatic rings. The second-order valence-corrected chi connectivity index (χ2v) is 5.04. The molecule has 0 aromatic carbocycles. The van der Waals surface area contributed by atoms with E-state index in [0.717, 1.165) is 25.7 Å². The zero-order valence-corrected chi connectivity index (χ0v) is 8.80. The molecule has 0 rings (SSSR count). The molecule has 0 aliphatic carbocycles. The average Bonchev–Trinajstić information content (AvgIpc) is 1.95. The molecule has 0 amide bonds. The fourth-order valence-electron chi connectivity index (χ4n) is 1.26. The average molecular weight is 195 g/mol. The van der Waals surface area contributed by atoms with Gasteiger partial charge in [0.1, 0.15) is 6.16 Å². The van der Waals surface area contributed by atoms with Crippen LogP contribution in [-0.4, -0.2) is 20.8 Å². The van der Waals surface area contributed by atoms with Gasteiger partial charge in [-0.1, -0.05) is 26.7 Å². The third kappa shape index (κ3) is 6.99. The van der Waals surface area contributed by atoms with Gasteiger partial charge in [0.2, 0.25) is 0 Å². The van der Waals surface area contributed by atoms with Gasteiger partial charge in [-0.25, -0.2) is 0 Å². The maximum Gasteiger partial charge on any atom is 0.403 e. The Morgan fingerprint density at radius 3 is 2.08 bits per heavy atom. The molecule has 12 heavy (non-hydrogen) atoms. The van der Waals surface area contributed by atoms with Crippen molar-refractivity contribution in [1.82, 2.24) is 0 Å². The molecule has 3 nitrogen and oxygen atoms in total. The van der Waals surface area contributed by atoms with Crippen molar-refractivity contribution in [2.24, 2.45) is 5.92 Å². The minimum absolute atomic E-state index is 0.170. The molecule has 0 aliphatic heterocycles. The van der Waals surface area contributed by atoms with Gasteiger partial charge in [0.25, 0.3) is 0 Å². The lowest BCUT2D eigenvalue weighted by Gasteiger charge is -2.13. The van der Waals surface area contributed by atoms with E-state index in [1.807, 2.05) is 6.92 Å². The standard InChI is InChI=1S/C8H20O3P/c1-3-5-6-8(4-2)7-12(9,10)11/h8-11H,3-7H2,1-2H3/q+1. The topological polar surface area (TPSA) is 60.7 Å². The molecule has 4 heteroatoms. The van der Waals surface area contributed by atoms with E-state index in [9.17, 15) is 0 Å². The third-order valence-corrected chi connectivity index (χ3v) is 3.05.